The molecule has 1 aliphatic carbocycles. The van der Waals surface area contributed by atoms with Crippen molar-refractivity contribution >= 4 is 27.5 Å². The van der Waals surface area contributed by atoms with Gasteiger partial charge in [0, 0.05) is 35.8 Å². The molecule has 0 aromatic heterocycles. The van der Waals surface area contributed by atoms with Gasteiger partial charge in [0.15, 0.2) is 0 Å². The van der Waals surface area contributed by atoms with Gasteiger partial charge < -0.3 is 5.32 Å². The van der Waals surface area contributed by atoms with Crippen molar-refractivity contribution in [1.82, 2.24) is 9.62 Å². The van der Waals surface area contributed by atoms with Gasteiger partial charge in [-0.2, -0.15) is 4.31 Å². The number of nitrogens with one attached hydrogen (secondary N) is 1. The highest BCUT2D eigenvalue weighted by Gasteiger charge is 2.27. The normalized spacial score (nSPS) is 20.3. The lowest BCUT2D eigenvalue weighted by atomic mass is 9.85. The highest BCUT2D eigenvalue weighted by Crippen LogP contribution is 2.30. The van der Waals surface area contributed by atoms with E-state index >= 15 is 0 Å². The molecule has 0 saturated carbocycles. The fourth-order valence-electron chi connectivity index (χ4n) is 3.46. The van der Waals surface area contributed by atoms with Crippen LogP contribution in [0.4, 0.5) is 0 Å². The molecule has 158 valence electrons. The van der Waals surface area contributed by atoms with Gasteiger partial charge in [-0.15, -0.1) is 0 Å². The number of fused-ring (bicyclic) bond motifs is 1. The molecule has 0 bridgehead atoms. The molecular formula is C22H25N3O4S. The third kappa shape index (κ3) is 4.06. The smallest absolute Gasteiger partial charge is 0.277 e. The highest BCUT2D eigenvalue weighted by molar-refractivity contribution is 7.89. The van der Waals surface area contributed by atoms with E-state index in [1.54, 1.807) is 32.9 Å². The first-order valence-corrected chi connectivity index (χ1v) is 11.2. The molecule has 1 N–H and O–H groups in total. The molecule has 1 aromatic carbocycles. The first kappa shape index (κ1) is 21.9. The third-order valence-corrected chi connectivity index (χ3v) is 7.49. The second-order valence-electron chi connectivity index (χ2n) is 7.15. The van der Waals surface area contributed by atoms with Crippen molar-refractivity contribution in [3.63, 3.8) is 0 Å². The summed E-state index contributed by atoms with van der Waals surface area (Å²) in [5, 5.41) is 2.84. The first-order valence-electron chi connectivity index (χ1n) is 9.80. The summed E-state index contributed by atoms with van der Waals surface area (Å²) in [6.45, 7) is 8.00. The molecule has 0 saturated heterocycles. The lowest BCUT2D eigenvalue weighted by Crippen LogP contribution is -2.35. The van der Waals surface area contributed by atoms with Gasteiger partial charge in [0.05, 0.1) is 10.6 Å². The average molecular weight is 428 g/mol. The Morgan fingerprint density at radius 1 is 1.13 bits per heavy atom. The second kappa shape index (κ2) is 8.49. The lowest BCUT2D eigenvalue weighted by molar-refractivity contribution is -0.117. The number of rotatable bonds is 5. The van der Waals surface area contributed by atoms with Crippen LogP contribution in [0.25, 0.3) is 0 Å². The molecule has 2 amide bonds. The molecule has 1 aromatic rings. The fourth-order valence-corrected chi connectivity index (χ4v) is 4.92. The van der Waals surface area contributed by atoms with Gasteiger partial charge in [-0.25, -0.2) is 13.4 Å². The molecular weight excluding hydrogens is 402 g/mol. The van der Waals surface area contributed by atoms with Gasteiger partial charge in [-0.1, -0.05) is 25.5 Å². The molecule has 1 unspecified atom stereocenters. The third-order valence-electron chi connectivity index (χ3n) is 5.43. The highest BCUT2D eigenvalue weighted by atomic mass is 32.2. The minimum absolute atomic E-state index is 0.0266. The maximum absolute atomic E-state index is 12.6. The Labute approximate surface area is 176 Å². The fraction of sp³-hybridized carbons (Fsp3) is 0.318. The van der Waals surface area contributed by atoms with Gasteiger partial charge in [0.1, 0.15) is 0 Å². The number of carbonyl (C=O) groups is 2. The van der Waals surface area contributed by atoms with Crippen molar-refractivity contribution in [2.75, 3.05) is 13.1 Å². The predicted molar refractivity (Wildman–Crippen MR) is 116 cm³/mol. The predicted octanol–water partition coefficient (Wildman–Crippen LogP) is 2.83. The molecule has 3 rings (SSSR count). The number of hydrogen-bond acceptors (Lipinski definition) is 4. The van der Waals surface area contributed by atoms with Crippen molar-refractivity contribution in [3.8, 4) is 0 Å². The average Bonchev–Trinajstić information content (AvgIpc) is 2.72. The van der Waals surface area contributed by atoms with Gasteiger partial charge in [0.2, 0.25) is 10.0 Å². The van der Waals surface area contributed by atoms with Gasteiger partial charge in [0.25, 0.3) is 11.8 Å². The monoisotopic (exact) mass is 427 g/mol. The standard InChI is InChI=1S/C22H25N3O4S/c1-5-25(6-2)30(28,29)18-10-7-16(8-11-18)22(27)23-17-9-12-19-14(3)15(4)21(26)24-20(19)13-17/h7-13,19H,5-6H2,1-4H3,(H,24,26). The first-order chi connectivity index (χ1) is 14.2. The Morgan fingerprint density at radius 2 is 1.77 bits per heavy atom. The van der Waals surface area contributed by atoms with Crippen LogP contribution in [0.5, 0.6) is 0 Å². The molecule has 2 aliphatic rings. The van der Waals surface area contributed by atoms with Crippen LogP contribution in [0.3, 0.4) is 0 Å². The van der Waals surface area contributed by atoms with Crippen LogP contribution in [0.2, 0.25) is 0 Å². The summed E-state index contributed by atoms with van der Waals surface area (Å²) in [6, 6.07) is 5.77. The van der Waals surface area contributed by atoms with Crippen LogP contribution in [0.1, 0.15) is 38.1 Å². The van der Waals surface area contributed by atoms with E-state index in [1.165, 1.54) is 28.6 Å². The zero-order valence-electron chi connectivity index (χ0n) is 17.5. The number of nitrogens with zero attached hydrogens (tertiary/aromatic N) is 2. The largest absolute Gasteiger partial charge is 0.325 e. The molecule has 1 atom stereocenters. The zero-order chi connectivity index (χ0) is 22.1. The minimum Gasteiger partial charge on any atom is -0.325 e. The molecule has 0 radical (unpaired) electrons. The van der Waals surface area contributed by atoms with Crippen molar-refractivity contribution in [2.24, 2.45) is 10.9 Å². The van der Waals surface area contributed by atoms with Crippen LogP contribution >= 0.6 is 0 Å². The number of allylic oxidation sites excluding steroid dienone is 3. The molecule has 7 nitrogen and oxygen atoms in total. The summed E-state index contributed by atoms with van der Waals surface area (Å²) in [6.07, 6.45) is 5.34. The minimum atomic E-state index is -3.58. The number of amides is 2. The summed E-state index contributed by atoms with van der Waals surface area (Å²) in [7, 11) is -3.58. The summed E-state index contributed by atoms with van der Waals surface area (Å²) in [4.78, 5) is 28.8. The number of hydrogen-bond donors (Lipinski definition) is 1. The van der Waals surface area contributed by atoms with Crippen LogP contribution < -0.4 is 5.32 Å². The molecule has 1 heterocycles. The summed E-state index contributed by atoms with van der Waals surface area (Å²) < 4.78 is 26.5. The van der Waals surface area contributed by atoms with Crippen molar-refractivity contribution < 1.29 is 18.0 Å². The Bertz CT molecular complexity index is 1110. The van der Waals surface area contributed by atoms with E-state index < -0.39 is 15.9 Å². The Hall–Kier alpha value is -2.84. The van der Waals surface area contributed by atoms with E-state index in [1.807, 2.05) is 13.0 Å². The Morgan fingerprint density at radius 3 is 2.37 bits per heavy atom. The van der Waals surface area contributed by atoms with Crippen molar-refractivity contribution in [3.05, 3.63) is 64.9 Å². The molecule has 8 heteroatoms. The summed E-state index contributed by atoms with van der Waals surface area (Å²) in [5.74, 6) is -0.662. The van der Waals surface area contributed by atoms with Gasteiger partial charge in [-0.05, 0) is 50.3 Å². The second-order valence-corrected chi connectivity index (χ2v) is 9.09. The summed E-state index contributed by atoms with van der Waals surface area (Å²) >= 11 is 0. The number of sulfonamides is 1. The number of carbonyl (C=O) groups excluding carboxylic acids is 2. The topological polar surface area (TPSA) is 95.9 Å². The van der Waals surface area contributed by atoms with Crippen LogP contribution in [-0.4, -0.2) is 43.3 Å². The van der Waals surface area contributed by atoms with E-state index in [0.29, 0.717) is 30.1 Å². The molecule has 0 spiro atoms. The Kier molecular flexibility index (Phi) is 6.19. The molecule has 0 fully saturated rings. The zero-order valence-corrected chi connectivity index (χ0v) is 18.3. The van der Waals surface area contributed by atoms with Gasteiger partial charge in [-0.3, -0.25) is 9.59 Å². The van der Waals surface area contributed by atoms with Gasteiger partial charge >= 0.3 is 0 Å². The molecule has 1 aliphatic heterocycles. The summed E-state index contributed by atoms with van der Waals surface area (Å²) in [5.41, 5.74) is 3.07. The number of benzene rings is 1. The van der Waals surface area contributed by atoms with Crippen molar-refractivity contribution in [2.45, 2.75) is 32.6 Å². The SMILES string of the molecule is CCN(CC)S(=O)(=O)c1ccc(C(=O)N=C2C=CC3C(=C2)NC(=O)C(C)=C3C)cc1. The quantitative estimate of drug-likeness (QED) is 0.782. The molecule has 30 heavy (non-hydrogen) atoms. The van der Waals surface area contributed by atoms with Crippen LogP contribution in [0, 0.1) is 5.92 Å². The van der Waals surface area contributed by atoms with E-state index in [-0.39, 0.29) is 22.3 Å². The Balaban J connectivity index is 1.82. The maximum Gasteiger partial charge on any atom is 0.277 e. The maximum atomic E-state index is 12.6. The van der Waals surface area contributed by atoms with E-state index in [0.717, 1.165) is 5.57 Å². The van der Waals surface area contributed by atoms with E-state index in [9.17, 15) is 18.0 Å². The van der Waals surface area contributed by atoms with E-state index in [4.69, 9.17) is 0 Å². The lowest BCUT2D eigenvalue weighted by Gasteiger charge is -2.28. The van der Waals surface area contributed by atoms with Crippen molar-refractivity contribution in [1.29, 1.82) is 0 Å². The van der Waals surface area contributed by atoms with Crippen LogP contribution in [-0.2, 0) is 14.8 Å². The van der Waals surface area contributed by atoms with E-state index in [2.05, 4.69) is 10.3 Å². The number of aliphatic imine (C=N–C) groups is 1. The van der Waals surface area contributed by atoms with Crippen LogP contribution in [0.15, 0.2) is 69.2 Å².